The van der Waals surface area contributed by atoms with Gasteiger partial charge in [0, 0.05) is 11.3 Å². The SMILES string of the molecule is CCCn1nncc1C(O)C1(C)CCCS1. The van der Waals surface area contributed by atoms with Gasteiger partial charge in [0.25, 0.3) is 0 Å². The number of nitrogens with zero attached hydrogens (tertiary/aromatic N) is 3. The third kappa shape index (κ3) is 2.11. The van der Waals surface area contributed by atoms with Crippen molar-refractivity contribution in [3.8, 4) is 0 Å². The van der Waals surface area contributed by atoms with E-state index in [0.717, 1.165) is 30.8 Å². The minimum Gasteiger partial charge on any atom is -0.385 e. The number of rotatable bonds is 4. The van der Waals surface area contributed by atoms with Crippen molar-refractivity contribution in [2.45, 2.75) is 50.5 Å². The molecule has 2 unspecified atom stereocenters. The average Bonchev–Trinajstić information content (AvgIpc) is 2.88. The van der Waals surface area contributed by atoms with Gasteiger partial charge in [0.05, 0.1) is 11.9 Å². The number of hydrogen-bond acceptors (Lipinski definition) is 4. The first kappa shape index (κ1) is 11.9. The maximum Gasteiger partial charge on any atom is 0.112 e. The van der Waals surface area contributed by atoms with Crippen molar-refractivity contribution in [2.24, 2.45) is 0 Å². The van der Waals surface area contributed by atoms with Crippen LogP contribution in [0.4, 0.5) is 0 Å². The van der Waals surface area contributed by atoms with Crippen LogP contribution in [0.3, 0.4) is 0 Å². The quantitative estimate of drug-likeness (QED) is 0.876. The van der Waals surface area contributed by atoms with Crippen LogP contribution in [0.1, 0.15) is 44.9 Å². The fraction of sp³-hybridized carbons (Fsp3) is 0.818. The zero-order valence-electron chi connectivity index (χ0n) is 9.89. The van der Waals surface area contributed by atoms with Crippen LogP contribution in [-0.2, 0) is 6.54 Å². The van der Waals surface area contributed by atoms with Crippen molar-refractivity contribution < 1.29 is 5.11 Å². The van der Waals surface area contributed by atoms with Crippen LogP contribution >= 0.6 is 11.8 Å². The molecule has 2 atom stereocenters. The molecule has 0 aliphatic carbocycles. The normalized spacial score (nSPS) is 27.2. The van der Waals surface area contributed by atoms with Gasteiger partial charge in [0.2, 0.25) is 0 Å². The van der Waals surface area contributed by atoms with Gasteiger partial charge in [-0.1, -0.05) is 12.1 Å². The summed E-state index contributed by atoms with van der Waals surface area (Å²) >= 11 is 1.86. The van der Waals surface area contributed by atoms with E-state index in [1.165, 1.54) is 6.42 Å². The lowest BCUT2D eigenvalue weighted by molar-refractivity contribution is 0.125. The Bertz CT molecular complexity index is 347. The van der Waals surface area contributed by atoms with Crippen molar-refractivity contribution in [3.63, 3.8) is 0 Å². The second kappa shape index (κ2) is 4.75. The van der Waals surface area contributed by atoms with Gasteiger partial charge in [-0.15, -0.1) is 5.10 Å². The van der Waals surface area contributed by atoms with Crippen molar-refractivity contribution >= 4 is 11.8 Å². The van der Waals surface area contributed by atoms with Crippen LogP contribution in [0.15, 0.2) is 6.20 Å². The van der Waals surface area contributed by atoms with Crippen LogP contribution < -0.4 is 0 Å². The highest BCUT2D eigenvalue weighted by Gasteiger charge is 2.39. The third-order valence-electron chi connectivity index (χ3n) is 3.19. The molecule has 16 heavy (non-hydrogen) atoms. The second-order valence-corrected chi connectivity index (χ2v) is 6.18. The molecule has 90 valence electrons. The van der Waals surface area contributed by atoms with Crippen LogP contribution in [0, 0.1) is 0 Å². The van der Waals surface area contributed by atoms with E-state index in [4.69, 9.17) is 0 Å². The number of aromatic nitrogens is 3. The Labute approximate surface area is 100 Å². The lowest BCUT2D eigenvalue weighted by Gasteiger charge is -2.29. The minimum atomic E-state index is -0.457. The summed E-state index contributed by atoms with van der Waals surface area (Å²) in [7, 11) is 0. The molecule has 1 fully saturated rings. The fourth-order valence-corrected chi connectivity index (χ4v) is 3.51. The lowest BCUT2D eigenvalue weighted by Crippen LogP contribution is -2.28. The number of aliphatic hydroxyl groups is 1. The summed E-state index contributed by atoms with van der Waals surface area (Å²) in [6, 6.07) is 0. The Hall–Kier alpha value is -0.550. The zero-order chi connectivity index (χ0) is 11.6. The number of thioether (sulfide) groups is 1. The number of aryl methyl sites for hydroxylation is 1. The van der Waals surface area contributed by atoms with Gasteiger partial charge >= 0.3 is 0 Å². The summed E-state index contributed by atoms with van der Waals surface area (Å²) in [5.41, 5.74) is 0.860. The topological polar surface area (TPSA) is 50.9 Å². The van der Waals surface area contributed by atoms with E-state index in [0.29, 0.717) is 0 Å². The summed E-state index contributed by atoms with van der Waals surface area (Å²) in [4.78, 5) is 0. The maximum absolute atomic E-state index is 10.5. The van der Waals surface area contributed by atoms with Crippen LogP contribution in [0.25, 0.3) is 0 Å². The van der Waals surface area contributed by atoms with Crippen LogP contribution in [0.5, 0.6) is 0 Å². The van der Waals surface area contributed by atoms with E-state index in [1.54, 1.807) is 6.20 Å². The molecule has 5 heteroatoms. The van der Waals surface area contributed by atoms with Gasteiger partial charge in [-0.05, 0) is 31.9 Å². The Morgan fingerprint density at radius 3 is 3.12 bits per heavy atom. The van der Waals surface area contributed by atoms with Gasteiger partial charge < -0.3 is 5.11 Å². The largest absolute Gasteiger partial charge is 0.385 e. The van der Waals surface area contributed by atoms with Crippen molar-refractivity contribution in [3.05, 3.63) is 11.9 Å². The van der Waals surface area contributed by atoms with Crippen LogP contribution in [0.2, 0.25) is 0 Å². The lowest BCUT2D eigenvalue weighted by atomic mass is 9.96. The van der Waals surface area contributed by atoms with Crippen LogP contribution in [-0.4, -0.2) is 30.6 Å². The molecule has 0 spiro atoms. The molecule has 0 aromatic carbocycles. The molecule has 0 radical (unpaired) electrons. The molecular formula is C11H19N3OS. The molecule has 1 aromatic rings. The maximum atomic E-state index is 10.5. The van der Waals surface area contributed by atoms with Gasteiger partial charge in [-0.3, -0.25) is 0 Å². The Morgan fingerprint density at radius 1 is 1.69 bits per heavy atom. The molecule has 4 nitrogen and oxygen atoms in total. The summed E-state index contributed by atoms with van der Waals surface area (Å²) in [6.45, 7) is 5.07. The monoisotopic (exact) mass is 241 g/mol. The van der Waals surface area contributed by atoms with Crippen molar-refractivity contribution in [1.82, 2.24) is 15.0 Å². The second-order valence-electron chi connectivity index (χ2n) is 4.55. The Morgan fingerprint density at radius 2 is 2.50 bits per heavy atom. The van der Waals surface area contributed by atoms with E-state index in [1.807, 2.05) is 16.4 Å². The van der Waals surface area contributed by atoms with Gasteiger partial charge in [0.1, 0.15) is 6.10 Å². The Balaban J connectivity index is 2.19. The van der Waals surface area contributed by atoms with Crippen molar-refractivity contribution in [1.29, 1.82) is 0 Å². The molecule has 0 saturated carbocycles. The smallest absolute Gasteiger partial charge is 0.112 e. The van der Waals surface area contributed by atoms with Gasteiger partial charge in [-0.2, -0.15) is 11.8 Å². The van der Waals surface area contributed by atoms with Gasteiger partial charge in [0.15, 0.2) is 0 Å². The molecule has 1 saturated heterocycles. The molecular weight excluding hydrogens is 222 g/mol. The summed E-state index contributed by atoms with van der Waals surface area (Å²) in [5.74, 6) is 1.14. The Kier molecular flexibility index (Phi) is 3.54. The predicted molar refractivity (Wildman–Crippen MR) is 65.4 cm³/mol. The first-order valence-electron chi connectivity index (χ1n) is 5.88. The predicted octanol–water partition coefficient (Wildman–Crippen LogP) is 2.01. The number of hydrogen-bond donors (Lipinski definition) is 1. The standard InChI is InChI=1S/C11H19N3OS/c1-3-6-14-9(8-12-13-14)10(15)11(2)5-4-7-16-11/h8,10,15H,3-7H2,1-2H3. The zero-order valence-corrected chi connectivity index (χ0v) is 10.7. The van der Waals surface area contributed by atoms with E-state index >= 15 is 0 Å². The molecule has 1 N–H and O–H groups in total. The van der Waals surface area contributed by atoms with Gasteiger partial charge in [-0.25, -0.2) is 4.68 Å². The minimum absolute atomic E-state index is 0.0623. The first-order chi connectivity index (χ1) is 7.67. The number of aliphatic hydroxyl groups excluding tert-OH is 1. The first-order valence-corrected chi connectivity index (χ1v) is 6.86. The molecule has 0 amide bonds. The molecule has 1 aromatic heterocycles. The fourth-order valence-electron chi connectivity index (χ4n) is 2.19. The summed E-state index contributed by atoms with van der Waals surface area (Å²) < 4.78 is 1.77. The van der Waals surface area contributed by atoms with E-state index in [9.17, 15) is 5.11 Å². The summed E-state index contributed by atoms with van der Waals surface area (Å²) in [5, 5.41) is 18.4. The van der Waals surface area contributed by atoms with E-state index in [2.05, 4.69) is 24.2 Å². The molecule has 0 bridgehead atoms. The highest BCUT2D eigenvalue weighted by Crippen LogP contribution is 2.46. The summed E-state index contributed by atoms with van der Waals surface area (Å²) in [6.07, 6.45) is 4.50. The van der Waals surface area contributed by atoms with E-state index < -0.39 is 6.10 Å². The molecule has 2 heterocycles. The highest BCUT2D eigenvalue weighted by atomic mass is 32.2. The highest BCUT2D eigenvalue weighted by molar-refractivity contribution is 8.00. The van der Waals surface area contributed by atoms with E-state index in [-0.39, 0.29) is 4.75 Å². The third-order valence-corrected chi connectivity index (χ3v) is 4.77. The molecule has 1 aliphatic heterocycles. The molecule has 2 rings (SSSR count). The average molecular weight is 241 g/mol. The molecule has 1 aliphatic rings. The van der Waals surface area contributed by atoms with Crippen molar-refractivity contribution in [2.75, 3.05) is 5.75 Å².